The van der Waals surface area contributed by atoms with Gasteiger partial charge in [-0.2, -0.15) is 0 Å². The summed E-state index contributed by atoms with van der Waals surface area (Å²) in [5.74, 6) is -1.52. The first-order chi connectivity index (χ1) is 18.6. The topological polar surface area (TPSA) is 164 Å². The summed E-state index contributed by atoms with van der Waals surface area (Å²) in [5.41, 5.74) is 15.2. The lowest BCUT2D eigenvalue weighted by molar-refractivity contribution is -0.136. The maximum absolute atomic E-state index is 14.2. The molecule has 9 nitrogen and oxygen atoms in total. The molecule has 8 N–H and O–H groups in total. The van der Waals surface area contributed by atoms with Crippen LogP contribution in [0.2, 0.25) is 0 Å². The number of nitrogens with two attached hydrogens (primary N) is 2. The average Bonchev–Trinajstić information content (AvgIpc) is 2.87. The summed E-state index contributed by atoms with van der Waals surface area (Å²) >= 11 is 0. The van der Waals surface area contributed by atoms with Crippen molar-refractivity contribution in [3.63, 3.8) is 0 Å². The summed E-state index contributed by atoms with van der Waals surface area (Å²) in [5, 5.41) is 22.7. The maximum Gasteiger partial charge on any atom is 0.303 e. The lowest BCUT2D eigenvalue weighted by atomic mass is 9.97. The molecule has 0 saturated heterocycles. The van der Waals surface area contributed by atoms with E-state index in [1.807, 2.05) is 26.0 Å². The molecular formula is C29H34FN5O4. The minimum atomic E-state index is -0.927. The molecule has 0 bridgehead atoms. The number of halogens is 1. The lowest BCUT2D eigenvalue weighted by Gasteiger charge is -2.20. The standard InChI is InChI=1S/C29H34FN5O4/c1-17(2)39-26-14-18(11-12-31)13-20(23(26)8-10-27(36)37)16-34-25-9-5-21(30)15-24(25)29(38)35-22-6-3-19(4-7-22)28(32)33/h3-7,9,13-15,17,34H,8,10-12,16,31H2,1-2H3,(H3,32,33)(H,35,38)(H,36,37). The Morgan fingerprint density at radius 1 is 1.08 bits per heavy atom. The first-order valence-corrected chi connectivity index (χ1v) is 12.6. The minimum Gasteiger partial charge on any atom is -0.491 e. The molecule has 0 atom stereocenters. The molecule has 0 spiro atoms. The van der Waals surface area contributed by atoms with E-state index in [1.165, 1.54) is 12.1 Å². The normalized spacial score (nSPS) is 10.8. The van der Waals surface area contributed by atoms with Crippen molar-refractivity contribution in [1.29, 1.82) is 5.41 Å². The Bertz CT molecular complexity index is 1340. The van der Waals surface area contributed by atoms with Crippen LogP contribution in [0.25, 0.3) is 0 Å². The fourth-order valence-electron chi connectivity index (χ4n) is 4.09. The van der Waals surface area contributed by atoms with Crippen molar-refractivity contribution in [2.75, 3.05) is 17.2 Å². The van der Waals surface area contributed by atoms with Crippen LogP contribution in [0.15, 0.2) is 54.6 Å². The van der Waals surface area contributed by atoms with E-state index in [2.05, 4.69) is 10.6 Å². The average molecular weight is 536 g/mol. The number of anilines is 2. The molecule has 10 heteroatoms. The Labute approximate surface area is 226 Å². The van der Waals surface area contributed by atoms with Crippen LogP contribution in [0, 0.1) is 11.2 Å². The molecule has 0 aliphatic heterocycles. The van der Waals surface area contributed by atoms with Crippen molar-refractivity contribution in [2.24, 2.45) is 11.5 Å². The van der Waals surface area contributed by atoms with Gasteiger partial charge in [-0.05, 0) is 98.5 Å². The molecule has 1 amide bonds. The van der Waals surface area contributed by atoms with Crippen LogP contribution >= 0.6 is 0 Å². The SMILES string of the molecule is CC(C)Oc1cc(CCN)cc(CNc2ccc(F)cc2C(=O)Nc2ccc(C(=N)N)cc2)c1CCC(=O)O. The highest BCUT2D eigenvalue weighted by Gasteiger charge is 2.17. The molecule has 0 radical (unpaired) electrons. The van der Waals surface area contributed by atoms with Crippen LogP contribution in [0.4, 0.5) is 15.8 Å². The zero-order valence-electron chi connectivity index (χ0n) is 22.0. The van der Waals surface area contributed by atoms with Crippen LogP contribution in [0.1, 0.15) is 52.9 Å². The number of nitrogens with one attached hydrogen (secondary N) is 3. The molecule has 39 heavy (non-hydrogen) atoms. The second-order valence-electron chi connectivity index (χ2n) is 9.32. The Morgan fingerprint density at radius 2 is 1.79 bits per heavy atom. The summed E-state index contributed by atoms with van der Waals surface area (Å²) in [6.07, 6.45) is 0.654. The molecule has 0 aliphatic carbocycles. The van der Waals surface area contributed by atoms with E-state index in [0.717, 1.165) is 22.8 Å². The van der Waals surface area contributed by atoms with Crippen molar-refractivity contribution >= 4 is 29.1 Å². The third-order valence-corrected chi connectivity index (χ3v) is 5.90. The molecule has 0 aromatic heterocycles. The summed E-state index contributed by atoms with van der Waals surface area (Å²) < 4.78 is 20.2. The summed E-state index contributed by atoms with van der Waals surface area (Å²) in [6.45, 7) is 4.45. The minimum absolute atomic E-state index is 0.0791. The predicted octanol–water partition coefficient (Wildman–Crippen LogP) is 4.28. The van der Waals surface area contributed by atoms with Crippen molar-refractivity contribution in [3.8, 4) is 5.75 Å². The van der Waals surface area contributed by atoms with Gasteiger partial charge in [-0.1, -0.05) is 6.07 Å². The molecule has 206 valence electrons. The highest BCUT2D eigenvalue weighted by molar-refractivity contribution is 6.08. The van der Waals surface area contributed by atoms with E-state index < -0.39 is 17.7 Å². The van der Waals surface area contributed by atoms with Gasteiger partial charge in [-0.3, -0.25) is 15.0 Å². The summed E-state index contributed by atoms with van der Waals surface area (Å²) in [6, 6.07) is 14.1. The predicted molar refractivity (Wildman–Crippen MR) is 150 cm³/mol. The number of carboxylic acids is 1. The number of benzene rings is 3. The van der Waals surface area contributed by atoms with E-state index in [-0.39, 0.29) is 36.9 Å². The van der Waals surface area contributed by atoms with Crippen LogP contribution < -0.4 is 26.8 Å². The Balaban J connectivity index is 1.91. The van der Waals surface area contributed by atoms with Crippen molar-refractivity contribution in [2.45, 2.75) is 45.8 Å². The number of carbonyl (C=O) groups is 2. The van der Waals surface area contributed by atoms with Gasteiger partial charge in [0.05, 0.1) is 11.7 Å². The zero-order chi connectivity index (χ0) is 28.5. The molecule has 0 heterocycles. The number of amidine groups is 1. The van der Waals surface area contributed by atoms with Gasteiger partial charge in [0.2, 0.25) is 0 Å². The van der Waals surface area contributed by atoms with Gasteiger partial charge in [-0.15, -0.1) is 0 Å². The van der Waals surface area contributed by atoms with Crippen molar-refractivity contribution in [3.05, 3.63) is 88.2 Å². The third kappa shape index (κ3) is 8.27. The van der Waals surface area contributed by atoms with E-state index in [0.29, 0.717) is 35.7 Å². The summed E-state index contributed by atoms with van der Waals surface area (Å²) in [4.78, 5) is 24.4. The number of ether oxygens (including phenoxy) is 1. The van der Waals surface area contributed by atoms with E-state index >= 15 is 0 Å². The highest BCUT2D eigenvalue weighted by atomic mass is 19.1. The number of hydrogen-bond acceptors (Lipinski definition) is 6. The van der Waals surface area contributed by atoms with Crippen molar-refractivity contribution < 1.29 is 23.8 Å². The van der Waals surface area contributed by atoms with Gasteiger partial charge >= 0.3 is 5.97 Å². The van der Waals surface area contributed by atoms with Crippen LogP contribution in [0.5, 0.6) is 5.75 Å². The molecule has 3 aromatic rings. The fourth-order valence-corrected chi connectivity index (χ4v) is 4.09. The molecule has 0 fully saturated rings. The second-order valence-corrected chi connectivity index (χ2v) is 9.32. The fraction of sp³-hybridized carbons (Fsp3) is 0.276. The second kappa shape index (κ2) is 13.4. The largest absolute Gasteiger partial charge is 0.491 e. The van der Waals surface area contributed by atoms with E-state index in [9.17, 15) is 19.1 Å². The van der Waals surface area contributed by atoms with Gasteiger partial charge in [0.1, 0.15) is 17.4 Å². The molecule has 3 aromatic carbocycles. The van der Waals surface area contributed by atoms with Gasteiger partial charge in [0.15, 0.2) is 0 Å². The smallest absolute Gasteiger partial charge is 0.303 e. The van der Waals surface area contributed by atoms with Gasteiger partial charge in [-0.25, -0.2) is 4.39 Å². The van der Waals surface area contributed by atoms with Gasteiger partial charge in [0, 0.05) is 29.9 Å². The summed E-state index contributed by atoms with van der Waals surface area (Å²) in [7, 11) is 0. The highest BCUT2D eigenvalue weighted by Crippen LogP contribution is 2.29. The van der Waals surface area contributed by atoms with Crippen LogP contribution in [0.3, 0.4) is 0 Å². The molecular weight excluding hydrogens is 501 g/mol. The third-order valence-electron chi connectivity index (χ3n) is 5.90. The Morgan fingerprint density at radius 3 is 2.41 bits per heavy atom. The zero-order valence-corrected chi connectivity index (χ0v) is 22.0. The molecule has 0 aliphatic rings. The van der Waals surface area contributed by atoms with Crippen LogP contribution in [-0.2, 0) is 24.2 Å². The number of nitrogen functional groups attached to an aromatic ring is 1. The van der Waals surface area contributed by atoms with Gasteiger partial charge in [0.25, 0.3) is 5.91 Å². The molecule has 0 unspecified atom stereocenters. The van der Waals surface area contributed by atoms with Crippen LogP contribution in [-0.4, -0.2) is 35.5 Å². The quantitative estimate of drug-likeness (QED) is 0.140. The number of rotatable bonds is 13. The number of carboxylic acid groups (broad SMARTS) is 1. The number of amides is 1. The lowest BCUT2D eigenvalue weighted by Crippen LogP contribution is -2.17. The maximum atomic E-state index is 14.2. The molecule has 3 rings (SSSR count). The monoisotopic (exact) mass is 535 g/mol. The number of aliphatic carboxylic acids is 1. The van der Waals surface area contributed by atoms with E-state index in [1.54, 1.807) is 24.3 Å². The Kier molecular flexibility index (Phi) is 9.99. The Hall–Kier alpha value is -4.44. The van der Waals surface area contributed by atoms with E-state index in [4.69, 9.17) is 21.6 Å². The first-order valence-electron chi connectivity index (χ1n) is 12.6. The molecule has 0 saturated carbocycles. The van der Waals surface area contributed by atoms with Gasteiger partial charge < -0.3 is 31.9 Å². The first kappa shape index (κ1) is 29.1. The number of hydrogen-bond donors (Lipinski definition) is 6. The van der Waals surface area contributed by atoms with Crippen molar-refractivity contribution in [1.82, 2.24) is 0 Å². The number of carbonyl (C=O) groups excluding carboxylic acids is 1.